The number of carbonyl (C=O) groups is 1. The lowest BCUT2D eigenvalue weighted by Crippen LogP contribution is -2.32. The van der Waals surface area contributed by atoms with Gasteiger partial charge in [-0.15, -0.1) is 0 Å². The van der Waals surface area contributed by atoms with Crippen LogP contribution >= 0.6 is 0 Å². The predicted molar refractivity (Wildman–Crippen MR) is 92.7 cm³/mol. The maximum absolute atomic E-state index is 12.7. The highest BCUT2D eigenvalue weighted by Gasteiger charge is 2.18. The molecule has 0 radical (unpaired) electrons. The van der Waals surface area contributed by atoms with Crippen molar-refractivity contribution in [1.29, 1.82) is 0 Å². The Hall–Kier alpha value is -2.39. The van der Waals surface area contributed by atoms with Crippen molar-refractivity contribution in [1.82, 2.24) is 5.32 Å². The molecular weight excluding hydrogens is 286 g/mol. The summed E-state index contributed by atoms with van der Waals surface area (Å²) in [6.45, 7) is 1.36. The molecule has 0 aromatic heterocycles. The minimum atomic E-state index is -0.0597. The second-order valence-electron chi connectivity index (χ2n) is 5.68. The van der Waals surface area contributed by atoms with Crippen LogP contribution < -0.4 is 5.32 Å². The summed E-state index contributed by atoms with van der Waals surface area (Å²) in [5.74, 6) is -0.0597. The number of carbonyl (C=O) groups excluding carboxylic acids is 1. The lowest BCUT2D eigenvalue weighted by Gasteiger charge is -2.13. The van der Waals surface area contributed by atoms with Crippen molar-refractivity contribution in [3.8, 4) is 0 Å². The first-order valence-corrected chi connectivity index (χ1v) is 8.05. The van der Waals surface area contributed by atoms with Crippen LogP contribution in [0.15, 0.2) is 60.7 Å². The minimum absolute atomic E-state index is 0.0597. The zero-order valence-corrected chi connectivity index (χ0v) is 13.1. The van der Waals surface area contributed by atoms with Crippen molar-refractivity contribution in [3.63, 3.8) is 0 Å². The van der Waals surface area contributed by atoms with Crippen molar-refractivity contribution < 1.29 is 9.53 Å². The number of hydrogen-bond acceptors (Lipinski definition) is 2. The van der Waals surface area contributed by atoms with Gasteiger partial charge in [0.15, 0.2) is 0 Å². The number of nitrogens with one attached hydrogen (secondary N) is 1. The fraction of sp³-hybridized carbons (Fsp3) is 0.250. The predicted octanol–water partition coefficient (Wildman–Crippen LogP) is 3.52. The van der Waals surface area contributed by atoms with Crippen LogP contribution in [-0.2, 0) is 9.53 Å². The van der Waals surface area contributed by atoms with Crippen LogP contribution in [0.5, 0.6) is 0 Å². The topological polar surface area (TPSA) is 38.3 Å². The summed E-state index contributed by atoms with van der Waals surface area (Å²) in [4.78, 5) is 12.7. The third-order valence-electron chi connectivity index (χ3n) is 3.95. The number of amides is 1. The van der Waals surface area contributed by atoms with E-state index in [9.17, 15) is 4.79 Å². The third-order valence-corrected chi connectivity index (χ3v) is 3.95. The molecule has 1 aliphatic rings. The second kappa shape index (κ2) is 7.75. The molecule has 3 nitrogen and oxygen atoms in total. The summed E-state index contributed by atoms with van der Waals surface area (Å²) in [6, 6.07) is 19.7. The van der Waals surface area contributed by atoms with E-state index in [2.05, 4.69) is 5.32 Å². The van der Waals surface area contributed by atoms with Gasteiger partial charge in [0.25, 0.3) is 5.91 Å². The normalized spacial score (nSPS) is 17.9. The maximum atomic E-state index is 12.7. The first-order chi connectivity index (χ1) is 11.3. The summed E-state index contributed by atoms with van der Waals surface area (Å²) in [7, 11) is 0. The van der Waals surface area contributed by atoms with E-state index in [4.69, 9.17) is 4.74 Å². The van der Waals surface area contributed by atoms with Gasteiger partial charge < -0.3 is 10.1 Å². The Balaban J connectivity index is 1.80. The molecule has 0 spiro atoms. The molecule has 1 aliphatic heterocycles. The van der Waals surface area contributed by atoms with E-state index in [0.717, 1.165) is 30.6 Å². The van der Waals surface area contributed by atoms with Gasteiger partial charge in [-0.25, -0.2) is 0 Å². The molecule has 3 heteroatoms. The molecule has 2 aromatic rings. The van der Waals surface area contributed by atoms with Gasteiger partial charge in [0.1, 0.15) is 0 Å². The van der Waals surface area contributed by atoms with Gasteiger partial charge in [-0.1, -0.05) is 60.7 Å². The lowest BCUT2D eigenvalue weighted by molar-refractivity contribution is -0.116. The monoisotopic (exact) mass is 307 g/mol. The van der Waals surface area contributed by atoms with E-state index in [1.54, 1.807) is 0 Å². The zero-order chi connectivity index (χ0) is 15.9. The van der Waals surface area contributed by atoms with Crippen LogP contribution in [-0.4, -0.2) is 25.2 Å². The maximum Gasteiger partial charge on any atom is 0.252 e. The highest BCUT2D eigenvalue weighted by atomic mass is 16.5. The van der Waals surface area contributed by atoms with Gasteiger partial charge >= 0.3 is 0 Å². The van der Waals surface area contributed by atoms with E-state index in [-0.39, 0.29) is 12.0 Å². The summed E-state index contributed by atoms with van der Waals surface area (Å²) < 4.78 is 5.57. The van der Waals surface area contributed by atoms with Gasteiger partial charge in [0.2, 0.25) is 0 Å². The van der Waals surface area contributed by atoms with E-state index in [0.29, 0.717) is 12.1 Å². The Morgan fingerprint density at radius 3 is 2.43 bits per heavy atom. The Morgan fingerprint density at radius 1 is 1.09 bits per heavy atom. The standard InChI is InChI=1S/C20H21NO2/c22-20(21-15-18-12-7-13-23-18)19(17-10-5-2-6-11-17)14-16-8-3-1-4-9-16/h1-6,8-11,14,18H,7,12-13,15H2,(H,21,22)/b19-14+. The zero-order valence-electron chi connectivity index (χ0n) is 13.1. The van der Waals surface area contributed by atoms with Crippen LogP contribution in [0.1, 0.15) is 24.0 Å². The molecule has 1 heterocycles. The van der Waals surface area contributed by atoms with Crippen LogP contribution in [0.25, 0.3) is 11.6 Å². The second-order valence-corrected chi connectivity index (χ2v) is 5.68. The molecule has 1 atom stereocenters. The van der Waals surface area contributed by atoms with Crippen LogP contribution in [0.4, 0.5) is 0 Å². The lowest BCUT2D eigenvalue weighted by atomic mass is 10.0. The molecule has 1 saturated heterocycles. The molecule has 0 bridgehead atoms. The Kier molecular flexibility index (Phi) is 5.22. The molecule has 2 aromatic carbocycles. The molecule has 0 saturated carbocycles. The number of hydrogen-bond donors (Lipinski definition) is 1. The molecule has 3 rings (SSSR count). The van der Waals surface area contributed by atoms with Crippen molar-refractivity contribution >= 4 is 17.6 Å². The first-order valence-electron chi connectivity index (χ1n) is 8.05. The fourth-order valence-corrected chi connectivity index (χ4v) is 2.72. The Labute approximate surface area is 137 Å². The van der Waals surface area contributed by atoms with Crippen molar-refractivity contribution in [2.45, 2.75) is 18.9 Å². The van der Waals surface area contributed by atoms with Crippen LogP contribution in [0.3, 0.4) is 0 Å². The number of benzene rings is 2. The molecule has 1 amide bonds. The molecule has 0 aliphatic carbocycles. The summed E-state index contributed by atoms with van der Waals surface area (Å²) >= 11 is 0. The summed E-state index contributed by atoms with van der Waals surface area (Å²) in [6.07, 6.45) is 4.17. The molecule has 1 unspecified atom stereocenters. The largest absolute Gasteiger partial charge is 0.376 e. The smallest absolute Gasteiger partial charge is 0.252 e. The summed E-state index contributed by atoms with van der Waals surface area (Å²) in [5, 5.41) is 3.01. The molecule has 118 valence electrons. The Bertz CT molecular complexity index is 659. The molecular formula is C20H21NO2. The van der Waals surface area contributed by atoms with Crippen molar-refractivity contribution in [3.05, 3.63) is 71.8 Å². The molecule has 1 N–H and O–H groups in total. The van der Waals surface area contributed by atoms with Gasteiger partial charge in [-0.2, -0.15) is 0 Å². The molecule has 1 fully saturated rings. The van der Waals surface area contributed by atoms with Crippen molar-refractivity contribution in [2.75, 3.05) is 13.2 Å². The fourth-order valence-electron chi connectivity index (χ4n) is 2.72. The van der Waals surface area contributed by atoms with E-state index in [1.807, 2.05) is 66.7 Å². The van der Waals surface area contributed by atoms with Gasteiger partial charge in [-0.3, -0.25) is 4.79 Å². The average molecular weight is 307 g/mol. The SMILES string of the molecule is O=C(NCC1CCCO1)/C(=C/c1ccccc1)c1ccccc1. The highest BCUT2D eigenvalue weighted by Crippen LogP contribution is 2.19. The van der Waals surface area contributed by atoms with E-state index in [1.165, 1.54) is 0 Å². The van der Waals surface area contributed by atoms with Gasteiger partial charge in [0.05, 0.1) is 6.10 Å². The average Bonchev–Trinajstić information content (AvgIpc) is 3.13. The third kappa shape index (κ3) is 4.30. The van der Waals surface area contributed by atoms with Crippen LogP contribution in [0.2, 0.25) is 0 Å². The van der Waals surface area contributed by atoms with Gasteiger partial charge in [0, 0.05) is 18.7 Å². The Morgan fingerprint density at radius 2 is 1.78 bits per heavy atom. The number of rotatable bonds is 5. The first kappa shape index (κ1) is 15.5. The number of ether oxygens (including phenoxy) is 1. The van der Waals surface area contributed by atoms with Crippen molar-refractivity contribution in [2.24, 2.45) is 0 Å². The van der Waals surface area contributed by atoms with E-state index < -0.39 is 0 Å². The van der Waals surface area contributed by atoms with Gasteiger partial charge in [-0.05, 0) is 30.0 Å². The van der Waals surface area contributed by atoms with Crippen LogP contribution in [0, 0.1) is 0 Å². The molecule has 23 heavy (non-hydrogen) atoms. The summed E-state index contributed by atoms with van der Waals surface area (Å²) in [5.41, 5.74) is 2.61. The minimum Gasteiger partial charge on any atom is -0.376 e. The highest BCUT2D eigenvalue weighted by molar-refractivity contribution is 6.24. The quantitative estimate of drug-likeness (QED) is 0.678. The van der Waals surface area contributed by atoms with E-state index >= 15 is 0 Å².